The Bertz CT molecular complexity index is 493. The van der Waals surface area contributed by atoms with Crippen LogP contribution in [-0.4, -0.2) is 14.2 Å². The molecule has 0 amide bonds. The molecule has 0 spiro atoms. The van der Waals surface area contributed by atoms with Crippen molar-refractivity contribution in [2.45, 2.75) is 6.42 Å². The summed E-state index contributed by atoms with van der Waals surface area (Å²) in [6, 6.07) is 9.98. The molecule has 0 saturated heterocycles. The highest BCUT2D eigenvalue weighted by Gasteiger charge is 2.09. The summed E-state index contributed by atoms with van der Waals surface area (Å²) in [5.74, 6) is 1.74. The monoisotopic (exact) mass is 215 g/mol. The van der Waals surface area contributed by atoms with Crippen LogP contribution in [0.15, 0.2) is 30.3 Å². The first kappa shape index (κ1) is 10.8. The van der Waals surface area contributed by atoms with Crippen molar-refractivity contribution in [2.75, 3.05) is 14.2 Å². The van der Waals surface area contributed by atoms with Gasteiger partial charge in [0.15, 0.2) is 0 Å². The number of methoxy groups -OCH3 is 2. The molecule has 0 unspecified atom stereocenters. The Morgan fingerprint density at radius 1 is 1.00 bits per heavy atom. The molecule has 0 fully saturated rings. The fourth-order valence-electron chi connectivity index (χ4n) is 1.97. The third-order valence-electron chi connectivity index (χ3n) is 2.76. The van der Waals surface area contributed by atoms with Gasteiger partial charge in [0.2, 0.25) is 0 Å². The van der Waals surface area contributed by atoms with Crippen molar-refractivity contribution in [2.24, 2.45) is 0 Å². The zero-order valence-corrected chi connectivity index (χ0v) is 9.62. The van der Waals surface area contributed by atoms with Crippen LogP contribution in [0, 0.1) is 6.92 Å². The molecule has 0 heterocycles. The highest BCUT2D eigenvalue weighted by atomic mass is 16.5. The number of rotatable bonds is 3. The van der Waals surface area contributed by atoms with Gasteiger partial charge in [-0.3, -0.25) is 0 Å². The first-order valence-electron chi connectivity index (χ1n) is 5.23. The first-order chi connectivity index (χ1) is 7.81. The normalized spacial score (nSPS) is 10.4. The summed E-state index contributed by atoms with van der Waals surface area (Å²) in [5, 5.41) is 2.17. The Morgan fingerprint density at radius 2 is 1.75 bits per heavy atom. The Balaban J connectivity index is 2.84. The zero-order chi connectivity index (χ0) is 11.5. The Labute approximate surface area is 95.8 Å². The van der Waals surface area contributed by atoms with Crippen LogP contribution in [0.5, 0.6) is 11.5 Å². The third-order valence-corrected chi connectivity index (χ3v) is 2.76. The zero-order valence-electron chi connectivity index (χ0n) is 9.62. The van der Waals surface area contributed by atoms with Gasteiger partial charge in [0.25, 0.3) is 0 Å². The van der Waals surface area contributed by atoms with E-state index in [4.69, 9.17) is 9.47 Å². The molecule has 0 saturated carbocycles. The average molecular weight is 215 g/mol. The molecule has 83 valence electrons. The molecule has 0 N–H and O–H groups in total. The molecule has 16 heavy (non-hydrogen) atoms. The van der Waals surface area contributed by atoms with Crippen LogP contribution in [0.4, 0.5) is 0 Å². The topological polar surface area (TPSA) is 18.5 Å². The van der Waals surface area contributed by atoms with Crippen LogP contribution in [-0.2, 0) is 6.42 Å². The number of hydrogen-bond donors (Lipinski definition) is 0. The molecule has 0 aliphatic carbocycles. The number of ether oxygens (including phenoxy) is 2. The minimum Gasteiger partial charge on any atom is -0.496 e. The van der Waals surface area contributed by atoms with Gasteiger partial charge < -0.3 is 9.47 Å². The molecule has 2 aromatic rings. The minimum atomic E-state index is 0.737. The lowest BCUT2D eigenvalue weighted by atomic mass is 10.0. The van der Waals surface area contributed by atoms with Crippen molar-refractivity contribution in [3.8, 4) is 11.5 Å². The average Bonchev–Trinajstić information content (AvgIpc) is 2.36. The summed E-state index contributed by atoms with van der Waals surface area (Å²) in [6.07, 6.45) is 0.737. The molecule has 0 bridgehead atoms. The number of benzene rings is 2. The van der Waals surface area contributed by atoms with Gasteiger partial charge in [-0.1, -0.05) is 18.2 Å². The molecule has 2 aromatic carbocycles. The van der Waals surface area contributed by atoms with E-state index in [1.165, 1.54) is 5.56 Å². The summed E-state index contributed by atoms with van der Waals surface area (Å²) in [6.45, 7) is 3.94. The van der Waals surface area contributed by atoms with Gasteiger partial charge in [0.1, 0.15) is 11.5 Å². The van der Waals surface area contributed by atoms with Crippen LogP contribution >= 0.6 is 0 Å². The van der Waals surface area contributed by atoms with Gasteiger partial charge in [0.05, 0.1) is 14.2 Å². The maximum Gasteiger partial charge on any atom is 0.127 e. The molecule has 0 aromatic heterocycles. The number of fused-ring (bicyclic) bond motifs is 1. The fraction of sp³-hybridized carbons (Fsp3) is 0.214. The molecule has 0 atom stereocenters. The summed E-state index contributed by atoms with van der Waals surface area (Å²) < 4.78 is 10.7. The number of hydrogen-bond acceptors (Lipinski definition) is 2. The van der Waals surface area contributed by atoms with Crippen molar-refractivity contribution in [1.29, 1.82) is 0 Å². The van der Waals surface area contributed by atoms with Crippen LogP contribution in [0.2, 0.25) is 0 Å². The first-order valence-corrected chi connectivity index (χ1v) is 5.23. The highest BCUT2D eigenvalue weighted by molar-refractivity contribution is 5.95. The van der Waals surface area contributed by atoms with Gasteiger partial charge >= 0.3 is 0 Å². The second-order valence-corrected chi connectivity index (χ2v) is 3.56. The molecule has 0 aliphatic heterocycles. The SMILES string of the molecule is [CH2]Cc1ccc(OC)c2cccc(OC)c12. The van der Waals surface area contributed by atoms with E-state index < -0.39 is 0 Å². The second kappa shape index (κ2) is 4.44. The Morgan fingerprint density at radius 3 is 2.38 bits per heavy atom. The van der Waals surface area contributed by atoms with Gasteiger partial charge in [-0.25, -0.2) is 0 Å². The predicted octanol–water partition coefficient (Wildman–Crippen LogP) is 3.23. The van der Waals surface area contributed by atoms with E-state index in [0.717, 1.165) is 28.7 Å². The Kier molecular flexibility index (Phi) is 3.00. The van der Waals surface area contributed by atoms with Crippen LogP contribution in [0.1, 0.15) is 5.56 Å². The van der Waals surface area contributed by atoms with Crippen molar-refractivity contribution in [3.05, 3.63) is 42.8 Å². The van der Waals surface area contributed by atoms with E-state index in [2.05, 4.69) is 6.92 Å². The maximum atomic E-state index is 5.39. The van der Waals surface area contributed by atoms with Gasteiger partial charge in [-0.05, 0) is 31.0 Å². The quantitative estimate of drug-likeness (QED) is 0.782. The molecule has 0 aliphatic rings. The van der Waals surface area contributed by atoms with Crippen molar-refractivity contribution < 1.29 is 9.47 Å². The fourth-order valence-corrected chi connectivity index (χ4v) is 1.97. The van der Waals surface area contributed by atoms with Crippen LogP contribution < -0.4 is 9.47 Å². The lowest BCUT2D eigenvalue weighted by Gasteiger charge is -2.12. The lowest BCUT2D eigenvalue weighted by Crippen LogP contribution is -1.92. The highest BCUT2D eigenvalue weighted by Crippen LogP contribution is 2.34. The van der Waals surface area contributed by atoms with E-state index >= 15 is 0 Å². The van der Waals surface area contributed by atoms with E-state index in [-0.39, 0.29) is 0 Å². The van der Waals surface area contributed by atoms with Gasteiger partial charge in [-0.2, -0.15) is 0 Å². The van der Waals surface area contributed by atoms with Gasteiger partial charge in [0, 0.05) is 10.8 Å². The van der Waals surface area contributed by atoms with Crippen molar-refractivity contribution >= 4 is 10.8 Å². The molecule has 2 heteroatoms. The summed E-state index contributed by atoms with van der Waals surface area (Å²) in [5.41, 5.74) is 1.17. The molecule has 1 radical (unpaired) electrons. The molecule has 2 rings (SSSR count). The second-order valence-electron chi connectivity index (χ2n) is 3.56. The van der Waals surface area contributed by atoms with Crippen LogP contribution in [0.25, 0.3) is 10.8 Å². The molecular weight excluding hydrogens is 200 g/mol. The standard InChI is InChI=1S/C14H15O2/c1-4-10-8-9-12(15-2)11-6-5-7-13(16-3)14(10)11/h5-9H,1,4H2,2-3H3. The molecule has 2 nitrogen and oxygen atoms in total. The third kappa shape index (κ3) is 1.60. The largest absolute Gasteiger partial charge is 0.496 e. The summed E-state index contributed by atoms with van der Waals surface area (Å²) in [4.78, 5) is 0. The van der Waals surface area contributed by atoms with E-state index in [1.807, 2.05) is 30.3 Å². The van der Waals surface area contributed by atoms with E-state index in [9.17, 15) is 0 Å². The van der Waals surface area contributed by atoms with E-state index in [1.54, 1.807) is 14.2 Å². The van der Waals surface area contributed by atoms with Gasteiger partial charge in [-0.15, -0.1) is 0 Å². The minimum absolute atomic E-state index is 0.737. The van der Waals surface area contributed by atoms with Crippen molar-refractivity contribution in [1.82, 2.24) is 0 Å². The predicted molar refractivity (Wildman–Crippen MR) is 66.1 cm³/mol. The molecular formula is C14H15O2. The van der Waals surface area contributed by atoms with Crippen molar-refractivity contribution in [3.63, 3.8) is 0 Å². The Hall–Kier alpha value is -1.70. The maximum absolute atomic E-state index is 5.39. The van der Waals surface area contributed by atoms with E-state index in [0.29, 0.717) is 0 Å². The van der Waals surface area contributed by atoms with Crippen LogP contribution in [0.3, 0.4) is 0 Å². The lowest BCUT2D eigenvalue weighted by molar-refractivity contribution is 0.415. The smallest absolute Gasteiger partial charge is 0.127 e. The summed E-state index contributed by atoms with van der Waals surface area (Å²) in [7, 11) is 3.36. The summed E-state index contributed by atoms with van der Waals surface area (Å²) >= 11 is 0.